The molecule has 0 N–H and O–H groups in total. The van der Waals surface area contributed by atoms with Crippen molar-refractivity contribution in [3.8, 4) is 12.3 Å². The van der Waals surface area contributed by atoms with Crippen LogP contribution in [0.3, 0.4) is 0 Å². The molecule has 1 unspecified atom stereocenters. The highest BCUT2D eigenvalue weighted by Gasteiger charge is 2.24. The summed E-state index contributed by atoms with van der Waals surface area (Å²) in [4.78, 5) is -0.372. The van der Waals surface area contributed by atoms with Gasteiger partial charge in [0.1, 0.15) is 11.9 Å². The normalized spacial score (nSPS) is 13.5. The van der Waals surface area contributed by atoms with Gasteiger partial charge in [-0.25, -0.2) is 17.4 Å². The summed E-state index contributed by atoms with van der Waals surface area (Å²) >= 11 is 0. The summed E-state index contributed by atoms with van der Waals surface area (Å²) < 4.78 is 53.5. The van der Waals surface area contributed by atoms with E-state index in [-0.39, 0.29) is 4.90 Å². The molecule has 4 nitrogen and oxygen atoms in total. The van der Waals surface area contributed by atoms with Crippen LogP contribution in [0.2, 0.25) is 0 Å². The molecule has 0 aliphatic heterocycles. The summed E-state index contributed by atoms with van der Waals surface area (Å²) in [6, 6.07) is 2.98. The van der Waals surface area contributed by atoms with E-state index >= 15 is 0 Å². The molecule has 0 radical (unpaired) electrons. The third-order valence-corrected chi connectivity index (χ3v) is 3.69. The van der Waals surface area contributed by atoms with Crippen molar-refractivity contribution in [1.29, 1.82) is 10.5 Å². The van der Waals surface area contributed by atoms with Crippen LogP contribution in [0.15, 0.2) is 21.4 Å². The molecule has 0 heterocycles. The third-order valence-electron chi connectivity index (χ3n) is 2.11. The van der Waals surface area contributed by atoms with Crippen molar-refractivity contribution in [2.45, 2.75) is 11.3 Å². The van der Waals surface area contributed by atoms with E-state index in [1.54, 1.807) is 0 Å². The van der Waals surface area contributed by atoms with Crippen LogP contribution in [-0.4, -0.2) is 10.5 Å². The first kappa shape index (κ1) is 14.0. The van der Waals surface area contributed by atoms with Gasteiger partial charge in [-0.2, -0.15) is 10.5 Å². The average Bonchev–Trinajstić information content (AvgIpc) is 2.27. The SMILES string of the molecule is CS(=O)(=NC#N)c1ccc(F)c(C(F)F)c1C#N. The van der Waals surface area contributed by atoms with Crippen LogP contribution >= 0.6 is 0 Å². The molecular formula is C10H6F3N3OS. The first-order valence-electron chi connectivity index (χ1n) is 4.46. The first-order valence-corrected chi connectivity index (χ1v) is 6.38. The molecule has 0 bridgehead atoms. The van der Waals surface area contributed by atoms with Gasteiger partial charge in [0.25, 0.3) is 6.43 Å². The molecule has 94 valence electrons. The van der Waals surface area contributed by atoms with Crippen LogP contribution in [0.4, 0.5) is 13.2 Å². The molecule has 0 aliphatic rings. The summed E-state index contributed by atoms with van der Waals surface area (Å²) in [6.45, 7) is 0. The average molecular weight is 273 g/mol. The minimum Gasteiger partial charge on any atom is -0.244 e. The predicted octanol–water partition coefficient (Wildman–Crippen LogP) is 2.57. The Kier molecular flexibility index (Phi) is 3.94. The highest BCUT2D eigenvalue weighted by Crippen LogP contribution is 2.30. The fraction of sp³-hybridized carbons (Fsp3) is 0.200. The Balaban J connectivity index is 3.77. The Morgan fingerprint density at radius 1 is 1.39 bits per heavy atom. The Morgan fingerprint density at radius 2 is 2.00 bits per heavy atom. The minimum absolute atomic E-state index is 0.372. The van der Waals surface area contributed by atoms with Gasteiger partial charge in [0, 0.05) is 6.26 Å². The van der Waals surface area contributed by atoms with E-state index in [1.807, 2.05) is 0 Å². The molecule has 18 heavy (non-hydrogen) atoms. The van der Waals surface area contributed by atoms with Crippen molar-refractivity contribution in [1.82, 2.24) is 0 Å². The summed E-state index contributed by atoms with van der Waals surface area (Å²) in [5.41, 5.74) is -1.87. The maximum atomic E-state index is 13.2. The monoisotopic (exact) mass is 273 g/mol. The van der Waals surface area contributed by atoms with E-state index in [1.165, 1.54) is 12.3 Å². The second kappa shape index (κ2) is 5.07. The molecule has 8 heteroatoms. The van der Waals surface area contributed by atoms with Crippen molar-refractivity contribution in [3.05, 3.63) is 29.1 Å². The summed E-state index contributed by atoms with van der Waals surface area (Å²) in [6.07, 6.45) is -0.932. The number of hydrogen-bond donors (Lipinski definition) is 0. The van der Waals surface area contributed by atoms with Crippen molar-refractivity contribution < 1.29 is 17.4 Å². The summed E-state index contributed by atoms with van der Waals surface area (Å²) in [5, 5.41) is 17.2. The van der Waals surface area contributed by atoms with Crippen molar-refractivity contribution in [2.75, 3.05) is 6.26 Å². The number of nitrogens with zero attached hydrogens (tertiary/aromatic N) is 3. The van der Waals surface area contributed by atoms with Crippen molar-refractivity contribution in [3.63, 3.8) is 0 Å². The number of halogens is 3. The Hall–Kier alpha value is -2.06. The molecule has 0 spiro atoms. The van der Waals surface area contributed by atoms with Crippen LogP contribution in [-0.2, 0) is 9.73 Å². The fourth-order valence-electron chi connectivity index (χ4n) is 1.35. The van der Waals surface area contributed by atoms with Crippen LogP contribution in [0.5, 0.6) is 0 Å². The second-order valence-electron chi connectivity index (χ2n) is 3.24. The summed E-state index contributed by atoms with van der Waals surface area (Å²) in [5.74, 6) is -1.27. The largest absolute Gasteiger partial charge is 0.267 e. The Labute approximate surface area is 101 Å². The van der Waals surface area contributed by atoms with E-state index in [0.717, 1.165) is 12.3 Å². The number of nitriles is 2. The maximum Gasteiger partial charge on any atom is 0.267 e. The van der Waals surface area contributed by atoms with Crippen molar-refractivity contribution in [2.24, 2.45) is 4.36 Å². The molecule has 0 saturated carbocycles. The first-order chi connectivity index (χ1) is 8.35. The van der Waals surface area contributed by atoms with E-state index in [0.29, 0.717) is 6.07 Å². The fourth-order valence-corrected chi connectivity index (χ4v) is 2.45. The standard InChI is InChI=1S/C10H6F3N3OS/c1-18(17,16-5-15)8-3-2-7(11)9(10(12)13)6(8)4-14/h2-3,10H,1H3. The lowest BCUT2D eigenvalue weighted by Crippen LogP contribution is -2.06. The number of rotatable bonds is 2. The molecule has 1 rings (SSSR count). The summed E-state index contributed by atoms with van der Waals surface area (Å²) in [7, 11) is -3.33. The molecule has 0 aromatic heterocycles. The molecule has 1 aromatic carbocycles. The van der Waals surface area contributed by atoms with Crippen LogP contribution in [0.25, 0.3) is 0 Å². The Bertz CT molecular complexity index is 679. The highest BCUT2D eigenvalue weighted by atomic mass is 32.2. The van der Waals surface area contributed by atoms with Gasteiger partial charge < -0.3 is 0 Å². The van der Waals surface area contributed by atoms with Gasteiger partial charge in [0.15, 0.2) is 0 Å². The van der Waals surface area contributed by atoms with Crippen LogP contribution in [0, 0.1) is 28.6 Å². The number of benzene rings is 1. The van der Waals surface area contributed by atoms with Gasteiger partial charge in [-0.05, 0) is 12.1 Å². The van der Waals surface area contributed by atoms with Gasteiger partial charge in [-0.15, -0.1) is 4.36 Å². The molecular weight excluding hydrogens is 267 g/mol. The molecule has 0 fully saturated rings. The van der Waals surface area contributed by atoms with E-state index in [4.69, 9.17) is 10.5 Å². The predicted molar refractivity (Wildman–Crippen MR) is 56.4 cm³/mol. The molecule has 0 saturated heterocycles. The van der Waals surface area contributed by atoms with Crippen molar-refractivity contribution >= 4 is 9.73 Å². The quantitative estimate of drug-likeness (QED) is 0.777. The van der Waals surface area contributed by atoms with Crippen LogP contribution in [0.1, 0.15) is 17.6 Å². The zero-order chi connectivity index (χ0) is 13.9. The second-order valence-corrected chi connectivity index (χ2v) is 5.47. The number of hydrogen-bond acceptors (Lipinski definition) is 4. The van der Waals surface area contributed by atoms with Gasteiger partial charge in [0.05, 0.1) is 25.8 Å². The molecule has 1 aromatic rings. The topological polar surface area (TPSA) is 77.0 Å². The third kappa shape index (κ3) is 2.44. The lowest BCUT2D eigenvalue weighted by molar-refractivity contribution is 0.145. The van der Waals surface area contributed by atoms with E-state index < -0.39 is 33.1 Å². The lowest BCUT2D eigenvalue weighted by atomic mass is 10.1. The molecule has 0 aliphatic carbocycles. The smallest absolute Gasteiger partial charge is 0.244 e. The van der Waals surface area contributed by atoms with E-state index in [2.05, 4.69) is 4.36 Å². The number of alkyl halides is 2. The van der Waals surface area contributed by atoms with Gasteiger partial charge in [-0.3, -0.25) is 0 Å². The van der Waals surface area contributed by atoms with Gasteiger partial charge in [-0.1, -0.05) is 0 Å². The van der Waals surface area contributed by atoms with Gasteiger partial charge in [0.2, 0.25) is 6.19 Å². The zero-order valence-electron chi connectivity index (χ0n) is 9.02. The van der Waals surface area contributed by atoms with Crippen LogP contribution < -0.4 is 0 Å². The minimum atomic E-state index is -3.33. The molecule has 1 atom stereocenters. The maximum absolute atomic E-state index is 13.2. The highest BCUT2D eigenvalue weighted by molar-refractivity contribution is 7.93. The zero-order valence-corrected chi connectivity index (χ0v) is 9.84. The van der Waals surface area contributed by atoms with Gasteiger partial charge >= 0.3 is 0 Å². The van der Waals surface area contributed by atoms with E-state index in [9.17, 15) is 17.4 Å². The Morgan fingerprint density at radius 3 is 2.44 bits per heavy atom. The molecule has 0 amide bonds. The lowest BCUT2D eigenvalue weighted by Gasteiger charge is -2.10.